The van der Waals surface area contributed by atoms with E-state index >= 15 is 4.39 Å². The number of imidazole rings is 1. The molecule has 3 heterocycles. The fraction of sp³-hybridized carbons (Fsp3) is 0.400. The number of fused-ring (bicyclic) bond motifs is 2. The molecule has 1 aliphatic rings. The van der Waals surface area contributed by atoms with Gasteiger partial charge in [-0.2, -0.15) is 0 Å². The van der Waals surface area contributed by atoms with Crippen LogP contribution in [0.4, 0.5) is 10.2 Å². The number of esters is 1. The van der Waals surface area contributed by atoms with Crippen molar-refractivity contribution in [2.24, 2.45) is 0 Å². The van der Waals surface area contributed by atoms with Crippen LogP contribution >= 0.6 is 6.64 Å². The number of hydrogen-bond acceptors (Lipinski definition) is 11. The Labute approximate surface area is 264 Å². The van der Waals surface area contributed by atoms with E-state index in [-0.39, 0.29) is 11.8 Å². The SMILES string of the molecule is C#C[C@@]1(F)[C@H](O)[C@@H](CO[P@](=S)(N[C@H](C)C(=O)OC(C)C)Oc2cccc3ccccc23)O[C@H]1n1cnc2c(NC)nc(C)nc21. The number of aryl methyl sites for hydroxylation is 1. The first-order valence-corrected chi connectivity index (χ1v) is 16.8. The van der Waals surface area contributed by atoms with Gasteiger partial charge in [0.1, 0.15) is 29.8 Å². The van der Waals surface area contributed by atoms with E-state index in [2.05, 4.69) is 31.3 Å². The van der Waals surface area contributed by atoms with Gasteiger partial charge in [-0.25, -0.2) is 24.4 Å². The second-order valence-electron chi connectivity index (χ2n) is 10.8. The van der Waals surface area contributed by atoms with Gasteiger partial charge in [-0.15, -0.1) is 6.42 Å². The highest BCUT2D eigenvalue weighted by atomic mass is 32.5. The second-order valence-corrected chi connectivity index (χ2v) is 13.9. The monoisotopic (exact) mass is 656 g/mol. The van der Waals surface area contributed by atoms with Crippen molar-refractivity contribution in [2.75, 3.05) is 19.0 Å². The molecule has 1 saturated heterocycles. The molecule has 2 aromatic heterocycles. The maximum Gasteiger partial charge on any atom is 0.323 e. The van der Waals surface area contributed by atoms with Gasteiger partial charge in [0.15, 0.2) is 23.2 Å². The first-order valence-electron chi connectivity index (χ1n) is 14.2. The molecule has 5 rings (SSSR count). The highest BCUT2D eigenvalue weighted by Crippen LogP contribution is 2.49. The van der Waals surface area contributed by atoms with Crippen molar-refractivity contribution >= 4 is 52.2 Å². The maximum absolute atomic E-state index is 16.4. The minimum atomic E-state index is -3.60. The molecule has 3 N–H and O–H groups in total. The second kappa shape index (κ2) is 13.0. The molecule has 0 radical (unpaired) electrons. The van der Waals surface area contributed by atoms with Crippen molar-refractivity contribution in [2.45, 2.75) is 63.9 Å². The summed E-state index contributed by atoms with van der Waals surface area (Å²) in [5.74, 6) is 2.73. The number of terminal acetylenes is 1. The Bertz CT molecular complexity index is 1810. The number of alkyl halides is 1. The summed E-state index contributed by atoms with van der Waals surface area (Å²) in [5, 5.41) is 18.7. The number of hydrogen-bond donors (Lipinski definition) is 3. The van der Waals surface area contributed by atoms with Gasteiger partial charge in [-0.1, -0.05) is 42.3 Å². The lowest BCUT2D eigenvalue weighted by atomic mass is 9.97. The predicted octanol–water partition coefficient (Wildman–Crippen LogP) is 4.18. The molecule has 0 amide bonds. The van der Waals surface area contributed by atoms with E-state index in [1.165, 1.54) is 10.9 Å². The van der Waals surface area contributed by atoms with Gasteiger partial charge in [0.25, 0.3) is 0 Å². The molecule has 238 valence electrons. The standard InChI is InChI=1S/C30H34FN6O6PS/c1-7-30(31)25(38)23(42-29(30)37-16-33-24-26(32-6)34-19(5)35-27(24)37)15-40-44(45,36-18(4)28(39)41-17(2)3)43-22-14-10-12-20-11-8-9-13-21(20)22/h1,8-14,16-18,23,25,29,38H,15H2,2-6H3,(H,36,45)(H,32,34,35)/t18-,23-,25-,29-,30-,44-/m1/s1. The molecule has 0 bridgehead atoms. The van der Waals surface area contributed by atoms with Crippen LogP contribution in [0.15, 0.2) is 48.8 Å². The average molecular weight is 657 g/mol. The van der Waals surface area contributed by atoms with Gasteiger partial charge >= 0.3 is 12.6 Å². The zero-order valence-electron chi connectivity index (χ0n) is 25.3. The third kappa shape index (κ3) is 6.51. The maximum atomic E-state index is 16.4. The summed E-state index contributed by atoms with van der Waals surface area (Å²) in [7, 11) is 1.67. The predicted molar refractivity (Wildman–Crippen MR) is 171 cm³/mol. The number of nitrogens with zero attached hydrogens (tertiary/aromatic N) is 4. The molecule has 0 unspecified atom stereocenters. The summed E-state index contributed by atoms with van der Waals surface area (Å²) >= 11 is 5.87. The highest BCUT2D eigenvalue weighted by Gasteiger charge is 2.58. The van der Waals surface area contributed by atoms with Crippen LogP contribution in [0.25, 0.3) is 21.9 Å². The van der Waals surface area contributed by atoms with Crippen LogP contribution in [0.3, 0.4) is 0 Å². The van der Waals surface area contributed by atoms with Crippen LogP contribution in [0.5, 0.6) is 5.75 Å². The number of aliphatic hydroxyl groups is 1. The zero-order chi connectivity index (χ0) is 32.5. The number of ether oxygens (including phenoxy) is 2. The van der Waals surface area contributed by atoms with Crippen molar-refractivity contribution in [1.82, 2.24) is 24.6 Å². The molecule has 0 spiro atoms. The average Bonchev–Trinajstić information content (AvgIpc) is 3.53. The Kier molecular flexibility index (Phi) is 9.41. The number of rotatable bonds is 11. The fourth-order valence-corrected chi connectivity index (χ4v) is 7.39. The summed E-state index contributed by atoms with van der Waals surface area (Å²) < 4.78 is 41.5. The van der Waals surface area contributed by atoms with E-state index in [0.717, 1.165) is 10.8 Å². The molecule has 12 nitrogen and oxygen atoms in total. The van der Waals surface area contributed by atoms with Crippen LogP contribution in [0.2, 0.25) is 0 Å². The first-order chi connectivity index (χ1) is 21.4. The van der Waals surface area contributed by atoms with E-state index < -0.39 is 49.4 Å². The number of aromatic nitrogens is 4. The van der Waals surface area contributed by atoms with Crippen LogP contribution in [-0.4, -0.2) is 74.3 Å². The van der Waals surface area contributed by atoms with Crippen molar-refractivity contribution in [3.8, 4) is 18.1 Å². The van der Waals surface area contributed by atoms with E-state index in [0.29, 0.717) is 22.9 Å². The quantitative estimate of drug-likeness (QED) is 0.121. The van der Waals surface area contributed by atoms with Crippen molar-refractivity contribution in [3.05, 3.63) is 54.6 Å². The molecule has 45 heavy (non-hydrogen) atoms. The zero-order valence-corrected chi connectivity index (χ0v) is 27.0. The van der Waals surface area contributed by atoms with E-state index in [1.807, 2.05) is 30.3 Å². The summed E-state index contributed by atoms with van der Waals surface area (Å²) in [4.78, 5) is 25.7. The molecule has 15 heteroatoms. The van der Waals surface area contributed by atoms with Crippen LogP contribution < -0.4 is 14.9 Å². The Morgan fingerprint density at radius 3 is 2.71 bits per heavy atom. The minimum absolute atomic E-state index is 0.256. The number of carbonyl (C=O) groups excluding carboxylic acids is 1. The number of anilines is 1. The van der Waals surface area contributed by atoms with Gasteiger partial charge < -0.3 is 28.9 Å². The molecule has 1 aliphatic heterocycles. The van der Waals surface area contributed by atoms with E-state index in [9.17, 15) is 9.90 Å². The molecular formula is C30H34FN6O6PS. The largest absolute Gasteiger partial charge is 0.462 e. The topological polar surface area (TPSA) is 142 Å². The Morgan fingerprint density at radius 1 is 1.27 bits per heavy atom. The van der Waals surface area contributed by atoms with Gasteiger partial charge in [0.2, 0.25) is 5.67 Å². The number of halogens is 1. The summed E-state index contributed by atoms with van der Waals surface area (Å²) in [6.07, 6.45) is 1.96. The fourth-order valence-electron chi connectivity index (χ4n) is 4.97. The Morgan fingerprint density at radius 2 is 2.00 bits per heavy atom. The van der Waals surface area contributed by atoms with Crippen molar-refractivity contribution in [3.63, 3.8) is 0 Å². The van der Waals surface area contributed by atoms with Crippen LogP contribution in [0.1, 0.15) is 32.8 Å². The highest BCUT2D eigenvalue weighted by molar-refractivity contribution is 8.09. The third-order valence-corrected chi connectivity index (χ3v) is 9.61. The van der Waals surface area contributed by atoms with Crippen LogP contribution in [-0.2, 0) is 30.6 Å². The number of carbonyl (C=O) groups is 1. The summed E-state index contributed by atoms with van der Waals surface area (Å²) in [6, 6.07) is 12.0. The smallest absolute Gasteiger partial charge is 0.323 e. The van der Waals surface area contributed by atoms with Crippen molar-refractivity contribution in [1.29, 1.82) is 0 Å². The number of benzene rings is 2. The molecule has 0 saturated carbocycles. The summed E-state index contributed by atoms with van der Waals surface area (Å²) in [5.41, 5.74) is -2.07. The molecular weight excluding hydrogens is 622 g/mol. The van der Waals surface area contributed by atoms with Gasteiger partial charge in [0, 0.05) is 12.4 Å². The lowest BCUT2D eigenvalue weighted by Crippen LogP contribution is -2.42. The van der Waals surface area contributed by atoms with Gasteiger partial charge in [0.05, 0.1) is 19.0 Å². The van der Waals surface area contributed by atoms with Gasteiger partial charge in [-0.05, 0) is 51.0 Å². The first kappa shape index (κ1) is 32.7. The van der Waals surface area contributed by atoms with E-state index in [4.69, 9.17) is 36.8 Å². The van der Waals surface area contributed by atoms with E-state index in [1.54, 1.807) is 46.9 Å². The Balaban J connectivity index is 1.44. The minimum Gasteiger partial charge on any atom is -0.462 e. The lowest BCUT2D eigenvalue weighted by molar-refractivity contribution is -0.149. The Hall–Kier alpha value is -3.70. The molecule has 4 aromatic rings. The molecule has 0 aliphatic carbocycles. The van der Waals surface area contributed by atoms with Gasteiger partial charge in [-0.3, -0.25) is 9.36 Å². The molecule has 1 fully saturated rings. The number of nitrogens with one attached hydrogen (secondary N) is 2. The molecule has 6 atom stereocenters. The molecule has 2 aromatic carbocycles. The van der Waals surface area contributed by atoms with Crippen LogP contribution in [0, 0.1) is 19.3 Å². The van der Waals surface area contributed by atoms with Crippen molar-refractivity contribution < 1.29 is 32.8 Å². The third-order valence-electron chi connectivity index (χ3n) is 7.12. The summed E-state index contributed by atoms with van der Waals surface area (Å²) in [6.45, 7) is 2.66. The lowest BCUT2D eigenvalue weighted by Gasteiger charge is -2.28. The normalized spacial score (nSPS) is 23.5. The number of aliphatic hydroxyl groups excluding tert-OH is 1.